The number of amides is 1. The second kappa shape index (κ2) is 7.44. The second-order valence-corrected chi connectivity index (χ2v) is 4.63. The van der Waals surface area contributed by atoms with Crippen molar-refractivity contribution >= 4 is 17.5 Å². The molecule has 1 heterocycles. The molecule has 0 saturated carbocycles. The lowest BCUT2D eigenvalue weighted by Gasteiger charge is -2.08. The SMILES string of the molecule is CCCCNC(=O)c1cnc(Nc2c(F)cccc2F)nc1. The van der Waals surface area contributed by atoms with Gasteiger partial charge in [-0.05, 0) is 18.6 Å². The van der Waals surface area contributed by atoms with Crippen LogP contribution in [0.2, 0.25) is 0 Å². The summed E-state index contributed by atoms with van der Waals surface area (Å²) in [5.41, 5.74) is -0.0432. The van der Waals surface area contributed by atoms with E-state index in [4.69, 9.17) is 0 Å². The Balaban J connectivity index is 2.04. The van der Waals surface area contributed by atoms with Crippen LogP contribution < -0.4 is 10.6 Å². The molecule has 1 aromatic carbocycles. The number of nitrogens with one attached hydrogen (secondary N) is 2. The van der Waals surface area contributed by atoms with Crippen LogP contribution in [-0.4, -0.2) is 22.4 Å². The summed E-state index contributed by atoms with van der Waals surface area (Å²) in [6.45, 7) is 2.60. The van der Waals surface area contributed by atoms with Crippen LogP contribution in [0, 0.1) is 11.6 Å². The summed E-state index contributed by atoms with van der Waals surface area (Å²) in [6, 6.07) is 3.52. The minimum Gasteiger partial charge on any atom is -0.352 e. The van der Waals surface area contributed by atoms with Crippen molar-refractivity contribution in [1.29, 1.82) is 0 Å². The first kappa shape index (κ1) is 15.8. The fraction of sp³-hybridized carbons (Fsp3) is 0.267. The average Bonchev–Trinajstić information content (AvgIpc) is 2.52. The van der Waals surface area contributed by atoms with E-state index in [0.29, 0.717) is 6.54 Å². The molecule has 0 bridgehead atoms. The number of aromatic nitrogens is 2. The third-order valence-electron chi connectivity index (χ3n) is 2.93. The van der Waals surface area contributed by atoms with Gasteiger partial charge in [-0.25, -0.2) is 18.7 Å². The van der Waals surface area contributed by atoms with Crippen LogP contribution in [0.25, 0.3) is 0 Å². The van der Waals surface area contributed by atoms with E-state index in [1.54, 1.807) is 0 Å². The highest BCUT2D eigenvalue weighted by atomic mass is 19.1. The molecule has 0 atom stereocenters. The minimum absolute atomic E-state index is 0.00843. The number of rotatable bonds is 6. The molecule has 0 unspecified atom stereocenters. The van der Waals surface area contributed by atoms with Crippen LogP contribution in [0.4, 0.5) is 20.4 Å². The van der Waals surface area contributed by atoms with Crippen molar-refractivity contribution in [3.05, 3.63) is 47.8 Å². The Morgan fingerprint density at radius 1 is 1.18 bits per heavy atom. The molecular formula is C15H16F2N4O. The van der Waals surface area contributed by atoms with Crippen molar-refractivity contribution < 1.29 is 13.6 Å². The lowest BCUT2D eigenvalue weighted by atomic mass is 10.3. The maximum absolute atomic E-state index is 13.5. The van der Waals surface area contributed by atoms with Crippen molar-refractivity contribution in [2.45, 2.75) is 19.8 Å². The number of unbranched alkanes of at least 4 members (excludes halogenated alkanes) is 1. The number of anilines is 2. The first-order valence-electron chi connectivity index (χ1n) is 6.93. The summed E-state index contributed by atoms with van der Waals surface area (Å²) >= 11 is 0. The summed E-state index contributed by atoms with van der Waals surface area (Å²) in [6.07, 6.45) is 4.47. The normalized spacial score (nSPS) is 10.3. The zero-order chi connectivity index (χ0) is 15.9. The Morgan fingerprint density at radius 2 is 1.82 bits per heavy atom. The third kappa shape index (κ3) is 3.97. The highest BCUT2D eigenvalue weighted by molar-refractivity contribution is 5.93. The molecule has 22 heavy (non-hydrogen) atoms. The molecule has 2 aromatic rings. The van der Waals surface area contributed by atoms with Gasteiger partial charge in [0.15, 0.2) is 0 Å². The first-order valence-corrected chi connectivity index (χ1v) is 6.93. The molecule has 116 valence electrons. The molecule has 2 N–H and O–H groups in total. The van der Waals surface area contributed by atoms with Crippen LogP contribution in [0.3, 0.4) is 0 Å². The number of hydrogen-bond donors (Lipinski definition) is 2. The zero-order valence-corrected chi connectivity index (χ0v) is 12.1. The monoisotopic (exact) mass is 306 g/mol. The highest BCUT2D eigenvalue weighted by Crippen LogP contribution is 2.20. The van der Waals surface area contributed by atoms with Crippen molar-refractivity contribution in [1.82, 2.24) is 15.3 Å². The number of carbonyl (C=O) groups excluding carboxylic acids is 1. The smallest absolute Gasteiger partial charge is 0.254 e. The number of nitrogens with zero attached hydrogens (tertiary/aromatic N) is 2. The predicted molar refractivity (Wildman–Crippen MR) is 78.9 cm³/mol. The van der Waals surface area contributed by atoms with E-state index in [9.17, 15) is 13.6 Å². The molecule has 0 saturated heterocycles. The van der Waals surface area contributed by atoms with E-state index in [-0.39, 0.29) is 23.1 Å². The van der Waals surface area contributed by atoms with Crippen LogP contribution in [0.1, 0.15) is 30.1 Å². The molecule has 0 aliphatic rings. The van der Waals surface area contributed by atoms with Crippen molar-refractivity contribution in [3.8, 4) is 0 Å². The molecule has 5 nitrogen and oxygen atoms in total. The van der Waals surface area contributed by atoms with E-state index in [1.807, 2.05) is 6.92 Å². The summed E-state index contributed by atoms with van der Waals surface area (Å²) in [5, 5.41) is 5.18. The average molecular weight is 306 g/mol. The van der Waals surface area contributed by atoms with E-state index in [1.165, 1.54) is 18.5 Å². The lowest BCUT2D eigenvalue weighted by molar-refractivity contribution is 0.0952. The number of para-hydroxylation sites is 1. The van der Waals surface area contributed by atoms with Gasteiger partial charge in [0.05, 0.1) is 5.56 Å². The highest BCUT2D eigenvalue weighted by Gasteiger charge is 2.11. The molecule has 0 spiro atoms. The van der Waals surface area contributed by atoms with E-state index < -0.39 is 11.6 Å². The van der Waals surface area contributed by atoms with E-state index >= 15 is 0 Å². The van der Waals surface area contributed by atoms with E-state index in [2.05, 4.69) is 20.6 Å². The molecule has 0 radical (unpaired) electrons. The lowest BCUT2D eigenvalue weighted by Crippen LogP contribution is -2.24. The zero-order valence-electron chi connectivity index (χ0n) is 12.1. The Labute approximate surface area is 126 Å². The second-order valence-electron chi connectivity index (χ2n) is 4.63. The van der Waals surface area contributed by atoms with Crippen LogP contribution in [0.5, 0.6) is 0 Å². The summed E-state index contributed by atoms with van der Waals surface area (Å²) < 4.78 is 27.0. The number of halogens is 2. The number of carbonyl (C=O) groups is 1. The standard InChI is InChI=1S/C15H16F2N4O/c1-2-3-7-18-14(22)10-8-19-15(20-9-10)21-13-11(16)5-4-6-12(13)17/h4-6,8-9H,2-3,7H2,1H3,(H,18,22)(H,19,20,21). The minimum atomic E-state index is -0.745. The van der Waals surface area contributed by atoms with Gasteiger partial charge in [0.25, 0.3) is 5.91 Å². The first-order chi connectivity index (χ1) is 10.6. The molecule has 7 heteroatoms. The van der Waals surface area contributed by atoms with Crippen molar-refractivity contribution in [2.24, 2.45) is 0 Å². The Bertz CT molecular complexity index is 626. The Kier molecular flexibility index (Phi) is 5.35. The van der Waals surface area contributed by atoms with Crippen molar-refractivity contribution in [2.75, 3.05) is 11.9 Å². The molecule has 1 amide bonds. The Morgan fingerprint density at radius 3 is 2.41 bits per heavy atom. The molecule has 0 aliphatic heterocycles. The molecule has 2 rings (SSSR count). The molecule has 0 aliphatic carbocycles. The third-order valence-corrected chi connectivity index (χ3v) is 2.93. The quantitative estimate of drug-likeness (QED) is 0.805. The van der Waals surface area contributed by atoms with Gasteiger partial charge < -0.3 is 10.6 Å². The van der Waals surface area contributed by atoms with Crippen LogP contribution in [-0.2, 0) is 0 Å². The van der Waals surface area contributed by atoms with E-state index in [0.717, 1.165) is 25.0 Å². The maximum Gasteiger partial charge on any atom is 0.254 e. The number of hydrogen-bond acceptors (Lipinski definition) is 4. The van der Waals surface area contributed by atoms with Crippen LogP contribution in [0.15, 0.2) is 30.6 Å². The summed E-state index contributed by atoms with van der Waals surface area (Å²) in [7, 11) is 0. The van der Waals surface area contributed by atoms with Gasteiger partial charge in [0.1, 0.15) is 17.3 Å². The van der Waals surface area contributed by atoms with Gasteiger partial charge in [0, 0.05) is 18.9 Å². The van der Waals surface area contributed by atoms with Gasteiger partial charge in [-0.2, -0.15) is 0 Å². The van der Waals surface area contributed by atoms with Gasteiger partial charge in [0.2, 0.25) is 5.95 Å². The van der Waals surface area contributed by atoms with Crippen LogP contribution >= 0.6 is 0 Å². The fourth-order valence-electron chi connectivity index (χ4n) is 1.72. The summed E-state index contributed by atoms with van der Waals surface area (Å²) in [5.74, 6) is -1.76. The van der Waals surface area contributed by atoms with Gasteiger partial charge >= 0.3 is 0 Å². The molecule has 1 aromatic heterocycles. The topological polar surface area (TPSA) is 66.9 Å². The summed E-state index contributed by atoms with van der Waals surface area (Å²) in [4.78, 5) is 19.5. The largest absolute Gasteiger partial charge is 0.352 e. The predicted octanol–water partition coefficient (Wildman–Crippen LogP) is 3.03. The molecular weight excluding hydrogens is 290 g/mol. The van der Waals surface area contributed by atoms with Crippen molar-refractivity contribution in [3.63, 3.8) is 0 Å². The van der Waals surface area contributed by atoms with Gasteiger partial charge in [-0.15, -0.1) is 0 Å². The van der Waals surface area contributed by atoms with Gasteiger partial charge in [-0.3, -0.25) is 4.79 Å². The molecule has 0 fully saturated rings. The number of benzene rings is 1. The maximum atomic E-state index is 13.5. The Hall–Kier alpha value is -2.57. The van der Waals surface area contributed by atoms with Gasteiger partial charge in [-0.1, -0.05) is 19.4 Å². The fourth-order valence-corrected chi connectivity index (χ4v) is 1.72.